The number of nitrogens with zero attached hydrogens (tertiary/aromatic N) is 3. The molecule has 0 aliphatic carbocycles. The van der Waals surface area contributed by atoms with E-state index >= 15 is 0 Å². The topological polar surface area (TPSA) is 54.2 Å². The Hall–Kier alpha value is -3.84. The maximum Gasteiger partial charge on any atom is 0.258 e. The highest BCUT2D eigenvalue weighted by atomic mass is 32.1. The predicted molar refractivity (Wildman–Crippen MR) is 136 cm³/mol. The summed E-state index contributed by atoms with van der Waals surface area (Å²) in [7, 11) is 0. The Bertz CT molecular complexity index is 1380. The average molecular weight is 471 g/mol. The summed E-state index contributed by atoms with van der Waals surface area (Å²) in [6.07, 6.45) is 0. The second-order valence-corrected chi connectivity index (χ2v) is 8.79. The Balaban J connectivity index is 1.66. The lowest BCUT2D eigenvalue weighted by Gasteiger charge is -2.37. The highest BCUT2D eigenvalue weighted by Gasteiger charge is 2.34. The number of hydrogen-bond donors (Lipinski definition) is 1. The van der Waals surface area contributed by atoms with E-state index in [1.807, 2.05) is 42.2 Å². The van der Waals surface area contributed by atoms with Crippen LogP contribution >= 0.6 is 12.2 Å². The molecule has 0 bridgehead atoms. The smallest absolute Gasteiger partial charge is 0.258 e. The number of nitrogens with one attached hydrogen (secondary N) is 1. The van der Waals surface area contributed by atoms with Crippen molar-refractivity contribution in [2.24, 2.45) is 0 Å². The van der Waals surface area contributed by atoms with Crippen molar-refractivity contribution < 1.29 is 8.91 Å². The molecule has 1 aromatic heterocycles. The Kier molecular flexibility index (Phi) is 5.71. The highest BCUT2D eigenvalue weighted by molar-refractivity contribution is 7.80. The van der Waals surface area contributed by atoms with Gasteiger partial charge in [0.25, 0.3) is 5.89 Å². The Morgan fingerprint density at radius 1 is 0.941 bits per heavy atom. The van der Waals surface area contributed by atoms with E-state index < -0.39 is 0 Å². The van der Waals surface area contributed by atoms with Crippen LogP contribution in [0.3, 0.4) is 0 Å². The van der Waals surface area contributed by atoms with E-state index in [4.69, 9.17) is 16.7 Å². The minimum absolute atomic E-state index is 0.266. The van der Waals surface area contributed by atoms with Crippen molar-refractivity contribution in [1.82, 2.24) is 15.5 Å². The summed E-state index contributed by atoms with van der Waals surface area (Å²) in [6.45, 7) is 6.14. The zero-order valence-electron chi connectivity index (χ0n) is 19.0. The lowest BCUT2D eigenvalue weighted by Crippen LogP contribution is -2.46. The van der Waals surface area contributed by atoms with Crippen LogP contribution in [0.5, 0.6) is 0 Å². The van der Waals surface area contributed by atoms with E-state index in [2.05, 4.69) is 47.5 Å². The zero-order valence-corrected chi connectivity index (χ0v) is 19.9. The van der Waals surface area contributed by atoms with Gasteiger partial charge in [-0.25, -0.2) is 4.39 Å². The van der Waals surface area contributed by atoms with Crippen LogP contribution in [0.2, 0.25) is 0 Å². The number of allylic oxidation sites excluding steroid dienone is 1. The standard InChI is InChI=1S/C27H23FN4OS/c1-16-13-17(2)15-22(14-16)32-18(3)23(24(29-27(32)34)19-7-5-4-6-8-19)26-30-25(31-33-26)20-9-11-21(28)12-10-20/h4-15,24H,1-3H3,(H,29,34). The fourth-order valence-corrected chi connectivity index (χ4v) is 4.72. The van der Waals surface area contributed by atoms with Crippen LogP contribution in [0.4, 0.5) is 10.1 Å². The summed E-state index contributed by atoms with van der Waals surface area (Å²) in [5.74, 6) is 0.465. The summed E-state index contributed by atoms with van der Waals surface area (Å²) in [6, 6.07) is 22.1. The number of aromatic nitrogens is 2. The van der Waals surface area contributed by atoms with Crippen LogP contribution in [0, 0.1) is 19.7 Å². The van der Waals surface area contributed by atoms with Gasteiger partial charge in [0.2, 0.25) is 5.82 Å². The molecule has 170 valence electrons. The molecular weight excluding hydrogens is 447 g/mol. The highest BCUT2D eigenvalue weighted by Crippen LogP contribution is 2.39. The molecule has 1 aliphatic rings. The summed E-state index contributed by atoms with van der Waals surface area (Å²) in [5, 5.41) is 8.25. The second kappa shape index (κ2) is 8.83. The first-order valence-corrected chi connectivity index (χ1v) is 11.4. The van der Waals surface area contributed by atoms with Gasteiger partial charge in [-0.3, -0.25) is 4.90 Å². The number of aryl methyl sites for hydroxylation is 2. The molecule has 7 heteroatoms. The summed E-state index contributed by atoms with van der Waals surface area (Å²) < 4.78 is 19.1. The van der Waals surface area contributed by atoms with Gasteiger partial charge in [0.1, 0.15) is 5.82 Å². The maximum atomic E-state index is 13.4. The number of anilines is 1. The predicted octanol–water partition coefficient (Wildman–Crippen LogP) is 6.36. The van der Waals surface area contributed by atoms with Gasteiger partial charge in [-0.2, -0.15) is 4.98 Å². The molecule has 2 heterocycles. The lowest BCUT2D eigenvalue weighted by atomic mass is 9.94. The van der Waals surface area contributed by atoms with Crippen molar-refractivity contribution in [2.75, 3.05) is 4.90 Å². The maximum absolute atomic E-state index is 13.4. The molecule has 1 unspecified atom stereocenters. The van der Waals surface area contributed by atoms with Gasteiger partial charge in [0, 0.05) is 16.9 Å². The fourth-order valence-electron chi connectivity index (χ4n) is 4.36. The van der Waals surface area contributed by atoms with Gasteiger partial charge < -0.3 is 9.84 Å². The summed E-state index contributed by atoms with van der Waals surface area (Å²) in [4.78, 5) is 6.69. The quantitative estimate of drug-likeness (QED) is 0.350. The Morgan fingerprint density at radius 2 is 1.62 bits per heavy atom. The molecule has 0 radical (unpaired) electrons. The molecule has 1 atom stereocenters. The molecule has 0 spiro atoms. The average Bonchev–Trinajstić information content (AvgIpc) is 3.29. The number of hydrogen-bond acceptors (Lipinski definition) is 4. The third-order valence-corrected chi connectivity index (χ3v) is 6.14. The third-order valence-electron chi connectivity index (χ3n) is 5.84. The van der Waals surface area contributed by atoms with E-state index in [-0.39, 0.29) is 11.9 Å². The van der Waals surface area contributed by atoms with E-state index in [0.29, 0.717) is 22.4 Å². The van der Waals surface area contributed by atoms with Crippen molar-refractivity contribution in [3.63, 3.8) is 0 Å². The monoisotopic (exact) mass is 470 g/mol. The van der Waals surface area contributed by atoms with E-state index in [9.17, 15) is 4.39 Å². The molecule has 0 amide bonds. The molecular formula is C27H23FN4OS. The van der Waals surface area contributed by atoms with Crippen LogP contribution in [-0.4, -0.2) is 15.3 Å². The Morgan fingerprint density at radius 3 is 2.29 bits per heavy atom. The van der Waals surface area contributed by atoms with Crippen molar-refractivity contribution in [3.05, 3.63) is 107 Å². The van der Waals surface area contributed by atoms with Crippen LogP contribution in [0.15, 0.2) is 83.0 Å². The van der Waals surface area contributed by atoms with E-state index in [1.54, 1.807) is 12.1 Å². The minimum Gasteiger partial charge on any atom is -0.351 e. The first kappa shape index (κ1) is 22.0. The van der Waals surface area contributed by atoms with Crippen molar-refractivity contribution in [3.8, 4) is 11.4 Å². The molecule has 0 saturated carbocycles. The number of halogens is 1. The first-order chi connectivity index (χ1) is 16.4. The van der Waals surface area contributed by atoms with Crippen LogP contribution in [0.25, 0.3) is 17.0 Å². The molecule has 0 fully saturated rings. The van der Waals surface area contributed by atoms with Gasteiger partial charge in [0.15, 0.2) is 5.11 Å². The van der Waals surface area contributed by atoms with Crippen molar-refractivity contribution in [1.29, 1.82) is 0 Å². The molecule has 1 N–H and O–H groups in total. The third kappa shape index (κ3) is 4.10. The normalized spacial score (nSPS) is 16.1. The van der Waals surface area contributed by atoms with Crippen LogP contribution < -0.4 is 10.2 Å². The van der Waals surface area contributed by atoms with E-state index in [1.165, 1.54) is 12.1 Å². The molecule has 3 aromatic carbocycles. The minimum atomic E-state index is -0.316. The molecule has 5 rings (SSSR count). The lowest BCUT2D eigenvalue weighted by molar-refractivity contribution is 0.404. The van der Waals surface area contributed by atoms with Gasteiger partial charge in [0.05, 0.1) is 11.6 Å². The second-order valence-electron chi connectivity index (χ2n) is 8.40. The van der Waals surface area contributed by atoms with Gasteiger partial charge in [-0.1, -0.05) is 41.6 Å². The number of rotatable bonds is 4. The molecule has 34 heavy (non-hydrogen) atoms. The largest absolute Gasteiger partial charge is 0.351 e. The van der Waals surface area contributed by atoms with Crippen LogP contribution in [0.1, 0.15) is 35.5 Å². The van der Waals surface area contributed by atoms with Gasteiger partial charge in [-0.15, -0.1) is 0 Å². The molecule has 0 saturated heterocycles. The number of thiocarbonyl (C=S) groups is 1. The van der Waals surface area contributed by atoms with Crippen LogP contribution in [-0.2, 0) is 0 Å². The molecule has 5 nitrogen and oxygen atoms in total. The SMILES string of the molecule is CC1=C(c2nc(-c3ccc(F)cc3)no2)C(c2ccccc2)NC(=S)N1c1cc(C)cc(C)c1. The van der Waals surface area contributed by atoms with Gasteiger partial charge >= 0.3 is 0 Å². The molecule has 1 aliphatic heterocycles. The zero-order chi connectivity index (χ0) is 23.8. The molecule has 4 aromatic rings. The Labute approximate surface area is 202 Å². The van der Waals surface area contributed by atoms with E-state index in [0.717, 1.165) is 33.6 Å². The summed E-state index contributed by atoms with van der Waals surface area (Å²) >= 11 is 5.83. The fraction of sp³-hybridized carbons (Fsp3) is 0.148. The van der Waals surface area contributed by atoms with Gasteiger partial charge in [-0.05, 0) is 86.1 Å². The first-order valence-electron chi connectivity index (χ1n) is 11.0. The van der Waals surface area contributed by atoms with Crippen molar-refractivity contribution >= 4 is 28.6 Å². The van der Waals surface area contributed by atoms with Crippen molar-refractivity contribution in [2.45, 2.75) is 26.8 Å². The summed E-state index contributed by atoms with van der Waals surface area (Å²) in [5.41, 5.74) is 6.70. The number of benzene rings is 3.